The van der Waals surface area contributed by atoms with Crippen molar-refractivity contribution in [1.29, 1.82) is 0 Å². The number of aromatic amines is 1. The van der Waals surface area contributed by atoms with Crippen molar-refractivity contribution in [3.8, 4) is 11.1 Å². The molecular formula is C30H31F3N4O5. The van der Waals surface area contributed by atoms with Gasteiger partial charge in [0.25, 0.3) is 5.91 Å². The Morgan fingerprint density at radius 3 is 2.26 bits per heavy atom. The Balaban J connectivity index is 0.000000616. The first kappa shape index (κ1) is 31.8. The van der Waals surface area contributed by atoms with Crippen molar-refractivity contribution < 1.29 is 37.8 Å². The summed E-state index contributed by atoms with van der Waals surface area (Å²) in [5, 5.41) is 25.0. The molecule has 0 aliphatic carbocycles. The normalized spacial score (nSPS) is 12.0. The molecule has 0 aliphatic heterocycles. The van der Waals surface area contributed by atoms with Crippen LogP contribution in [0.15, 0.2) is 73.2 Å². The largest absolute Gasteiger partial charge is 0.490 e. The fourth-order valence-electron chi connectivity index (χ4n) is 4.23. The molecule has 222 valence electrons. The molecule has 42 heavy (non-hydrogen) atoms. The van der Waals surface area contributed by atoms with Crippen LogP contribution >= 0.6 is 0 Å². The number of aliphatic carboxylic acids is 2. The number of hydrogen-bond acceptors (Lipinski definition) is 5. The molecule has 0 fully saturated rings. The molecule has 0 saturated carbocycles. The van der Waals surface area contributed by atoms with Crippen LogP contribution in [0, 0.1) is 5.92 Å². The van der Waals surface area contributed by atoms with Crippen LogP contribution in [0.1, 0.15) is 41.9 Å². The van der Waals surface area contributed by atoms with Crippen LogP contribution in [0.3, 0.4) is 0 Å². The van der Waals surface area contributed by atoms with Gasteiger partial charge < -0.3 is 25.8 Å². The maximum Gasteiger partial charge on any atom is 0.490 e. The Labute approximate surface area is 239 Å². The van der Waals surface area contributed by atoms with E-state index in [2.05, 4.69) is 20.6 Å². The zero-order valence-electron chi connectivity index (χ0n) is 22.9. The van der Waals surface area contributed by atoms with Crippen molar-refractivity contribution in [2.24, 2.45) is 5.92 Å². The first-order chi connectivity index (χ1) is 19.9. The van der Waals surface area contributed by atoms with E-state index in [4.69, 9.17) is 9.90 Å². The van der Waals surface area contributed by atoms with E-state index >= 15 is 0 Å². The molecule has 1 atom stereocenters. The topological polar surface area (TPSA) is 144 Å². The number of aromatic nitrogens is 2. The van der Waals surface area contributed by atoms with Gasteiger partial charge in [-0.25, -0.2) is 14.6 Å². The second-order valence-corrected chi connectivity index (χ2v) is 9.88. The molecule has 4 rings (SSSR count). The SMILES string of the molecule is CC(C)C[C@H](NC(=O)c1ccc(CNCc2cnc[nH]2)cc1-c1cccc2ccccc12)C(=O)O.O=C(O)C(F)(F)F. The minimum atomic E-state index is -5.08. The number of hydrogen-bond donors (Lipinski definition) is 5. The Kier molecular flexibility index (Phi) is 10.8. The number of rotatable bonds is 10. The molecule has 1 amide bonds. The minimum Gasteiger partial charge on any atom is -0.480 e. The summed E-state index contributed by atoms with van der Waals surface area (Å²) < 4.78 is 31.7. The van der Waals surface area contributed by atoms with Gasteiger partial charge in [-0.2, -0.15) is 13.2 Å². The van der Waals surface area contributed by atoms with Crippen LogP contribution in [0.25, 0.3) is 21.9 Å². The predicted octanol–water partition coefficient (Wildman–Crippen LogP) is 5.38. The van der Waals surface area contributed by atoms with E-state index in [1.165, 1.54) is 0 Å². The number of carboxylic acids is 2. The third-order valence-electron chi connectivity index (χ3n) is 6.16. The molecule has 1 aromatic heterocycles. The quantitative estimate of drug-likeness (QED) is 0.168. The minimum absolute atomic E-state index is 0.136. The van der Waals surface area contributed by atoms with Crippen LogP contribution in [0.4, 0.5) is 13.2 Å². The van der Waals surface area contributed by atoms with Gasteiger partial charge in [0.1, 0.15) is 6.04 Å². The van der Waals surface area contributed by atoms with Crippen molar-refractivity contribution in [1.82, 2.24) is 20.6 Å². The summed E-state index contributed by atoms with van der Waals surface area (Å²) in [6.07, 6.45) is -1.30. The summed E-state index contributed by atoms with van der Waals surface area (Å²) in [6.45, 7) is 5.12. The lowest BCUT2D eigenvalue weighted by atomic mass is 9.92. The second-order valence-electron chi connectivity index (χ2n) is 9.88. The molecule has 0 aliphatic rings. The second kappa shape index (κ2) is 14.3. The van der Waals surface area contributed by atoms with Crippen LogP contribution in [-0.4, -0.2) is 50.2 Å². The highest BCUT2D eigenvalue weighted by atomic mass is 19.4. The molecule has 4 aromatic rings. The number of carbonyl (C=O) groups excluding carboxylic acids is 1. The molecule has 1 heterocycles. The van der Waals surface area contributed by atoms with Gasteiger partial charge in [0.05, 0.1) is 6.33 Å². The molecule has 9 nitrogen and oxygen atoms in total. The first-order valence-corrected chi connectivity index (χ1v) is 13.0. The number of carboxylic acid groups (broad SMARTS) is 2. The zero-order valence-corrected chi connectivity index (χ0v) is 22.9. The van der Waals surface area contributed by atoms with E-state index in [1.54, 1.807) is 18.6 Å². The van der Waals surface area contributed by atoms with E-state index in [1.807, 2.05) is 68.4 Å². The number of amides is 1. The van der Waals surface area contributed by atoms with Crippen LogP contribution in [0.5, 0.6) is 0 Å². The third kappa shape index (κ3) is 8.90. The standard InChI is InChI=1S/C28H30N4O3.C2HF3O2/c1-18(2)12-26(28(34)35)32-27(33)24-11-10-19(14-29-15-21-16-30-17-31-21)13-25(24)23-9-5-7-20-6-3-4-8-22(20)23;3-2(4,5)1(6)7/h3-11,13,16-18,26,29H,12,14-15H2,1-2H3,(H,30,31)(H,32,33)(H,34,35);(H,6,7)/t26-;/m0./s1. The van der Waals surface area contributed by atoms with Gasteiger partial charge in [0, 0.05) is 30.5 Å². The molecule has 0 spiro atoms. The maximum atomic E-state index is 13.4. The van der Waals surface area contributed by atoms with E-state index in [9.17, 15) is 27.9 Å². The van der Waals surface area contributed by atoms with Gasteiger partial charge >= 0.3 is 18.1 Å². The van der Waals surface area contributed by atoms with Crippen LogP contribution < -0.4 is 10.6 Å². The summed E-state index contributed by atoms with van der Waals surface area (Å²) in [4.78, 5) is 41.1. The lowest BCUT2D eigenvalue weighted by Crippen LogP contribution is -2.41. The molecule has 0 unspecified atom stereocenters. The number of carbonyl (C=O) groups is 3. The third-order valence-corrected chi connectivity index (χ3v) is 6.16. The Morgan fingerprint density at radius 2 is 1.64 bits per heavy atom. The lowest BCUT2D eigenvalue weighted by molar-refractivity contribution is -0.192. The predicted molar refractivity (Wildman–Crippen MR) is 151 cm³/mol. The monoisotopic (exact) mass is 584 g/mol. The molecule has 12 heteroatoms. The van der Waals surface area contributed by atoms with Crippen molar-refractivity contribution in [3.05, 3.63) is 90.0 Å². The number of alkyl halides is 3. The van der Waals surface area contributed by atoms with Gasteiger partial charge in [-0.05, 0) is 51.9 Å². The molecule has 0 bridgehead atoms. The summed E-state index contributed by atoms with van der Waals surface area (Å²) in [6, 6.07) is 18.8. The summed E-state index contributed by atoms with van der Waals surface area (Å²) >= 11 is 0. The Hall–Kier alpha value is -4.71. The summed E-state index contributed by atoms with van der Waals surface area (Å²) in [7, 11) is 0. The number of nitrogens with one attached hydrogen (secondary N) is 3. The van der Waals surface area contributed by atoms with Crippen molar-refractivity contribution >= 4 is 28.6 Å². The number of halogens is 3. The molecule has 0 radical (unpaired) electrons. The average molecular weight is 585 g/mol. The van der Waals surface area contributed by atoms with Crippen LogP contribution in [-0.2, 0) is 22.7 Å². The number of benzene rings is 3. The lowest BCUT2D eigenvalue weighted by Gasteiger charge is -2.19. The van der Waals surface area contributed by atoms with Gasteiger partial charge in [-0.15, -0.1) is 0 Å². The van der Waals surface area contributed by atoms with E-state index in [0.717, 1.165) is 33.2 Å². The van der Waals surface area contributed by atoms with Gasteiger partial charge in [0.15, 0.2) is 0 Å². The van der Waals surface area contributed by atoms with Crippen molar-refractivity contribution in [2.45, 2.75) is 45.6 Å². The Bertz CT molecular complexity index is 1520. The van der Waals surface area contributed by atoms with E-state index in [0.29, 0.717) is 25.1 Å². The van der Waals surface area contributed by atoms with Gasteiger partial charge in [-0.1, -0.05) is 62.4 Å². The number of H-pyrrole nitrogens is 1. The zero-order chi connectivity index (χ0) is 30.9. The van der Waals surface area contributed by atoms with E-state index in [-0.39, 0.29) is 5.92 Å². The number of fused-ring (bicyclic) bond motifs is 1. The highest BCUT2D eigenvalue weighted by molar-refractivity contribution is 6.06. The Morgan fingerprint density at radius 1 is 0.952 bits per heavy atom. The molecule has 3 aromatic carbocycles. The molecule has 5 N–H and O–H groups in total. The average Bonchev–Trinajstić information content (AvgIpc) is 3.45. The van der Waals surface area contributed by atoms with Crippen molar-refractivity contribution in [3.63, 3.8) is 0 Å². The summed E-state index contributed by atoms with van der Waals surface area (Å²) in [5.74, 6) is -4.04. The highest BCUT2D eigenvalue weighted by Crippen LogP contribution is 2.32. The smallest absolute Gasteiger partial charge is 0.480 e. The molecule has 0 saturated heterocycles. The maximum absolute atomic E-state index is 13.4. The van der Waals surface area contributed by atoms with Gasteiger partial charge in [0.2, 0.25) is 0 Å². The first-order valence-electron chi connectivity index (χ1n) is 13.0. The molecular weight excluding hydrogens is 553 g/mol. The van der Waals surface area contributed by atoms with Crippen molar-refractivity contribution in [2.75, 3.05) is 0 Å². The highest BCUT2D eigenvalue weighted by Gasteiger charge is 2.38. The number of nitrogens with zero attached hydrogens (tertiary/aromatic N) is 1. The van der Waals surface area contributed by atoms with Gasteiger partial charge in [-0.3, -0.25) is 4.79 Å². The van der Waals surface area contributed by atoms with Crippen LogP contribution in [0.2, 0.25) is 0 Å². The summed E-state index contributed by atoms with van der Waals surface area (Å²) in [5.41, 5.74) is 4.16. The fourth-order valence-corrected chi connectivity index (χ4v) is 4.23. The number of imidazole rings is 1. The fraction of sp³-hybridized carbons (Fsp3) is 0.267. The van der Waals surface area contributed by atoms with E-state index < -0.39 is 30.1 Å².